The molecule has 3 rings (SSSR count). The van der Waals surface area contributed by atoms with E-state index < -0.39 is 0 Å². The number of amides is 2. The molecule has 0 spiro atoms. The summed E-state index contributed by atoms with van der Waals surface area (Å²) in [4.78, 5) is 24.4. The minimum Gasteiger partial charge on any atom is -0.345 e. The fourth-order valence-corrected chi connectivity index (χ4v) is 3.77. The summed E-state index contributed by atoms with van der Waals surface area (Å²) >= 11 is 3.53. The Morgan fingerprint density at radius 1 is 1.07 bits per heavy atom. The fraction of sp³-hybridized carbons (Fsp3) is 0.200. The zero-order valence-electron chi connectivity index (χ0n) is 15.8. The highest BCUT2D eigenvalue weighted by atomic mass is 127. The zero-order valence-corrected chi connectivity index (χ0v) is 18.7. The summed E-state index contributed by atoms with van der Waals surface area (Å²) < 4.78 is 3.01. The van der Waals surface area contributed by atoms with Gasteiger partial charge in [0.05, 0.1) is 12.3 Å². The van der Waals surface area contributed by atoms with Crippen LogP contribution in [0.4, 0.5) is 5.69 Å². The molecule has 0 unspecified atom stereocenters. The van der Waals surface area contributed by atoms with Crippen molar-refractivity contribution in [2.24, 2.45) is 0 Å². The summed E-state index contributed by atoms with van der Waals surface area (Å²) in [5.74, 6) is 0.598. The van der Waals surface area contributed by atoms with Crippen LogP contribution < -0.4 is 10.6 Å². The predicted octanol–water partition coefficient (Wildman–Crippen LogP) is 3.56. The second-order valence-corrected chi connectivity index (χ2v) is 8.22. The van der Waals surface area contributed by atoms with Crippen LogP contribution in [0.2, 0.25) is 0 Å². The minimum absolute atomic E-state index is 0.110. The molecule has 150 valence electrons. The van der Waals surface area contributed by atoms with Crippen molar-refractivity contribution in [3.05, 3.63) is 69.6 Å². The van der Waals surface area contributed by atoms with Gasteiger partial charge in [-0.15, -0.1) is 10.2 Å². The van der Waals surface area contributed by atoms with Gasteiger partial charge in [0.1, 0.15) is 0 Å². The summed E-state index contributed by atoms with van der Waals surface area (Å²) in [6.07, 6.45) is 0. The van der Waals surface area contributed by atoms with Crippen molar-refractivity contribution in [1.29, 1.82) is 0 Å². The number of carbonyl (C=O) groups excluding carboxylic acids is 2. The Morgan fingerprint density at radius 2 is 1.79 bits per heavy atom. The van der Waals surface area contributed by atoms with E-state index in [1.165, 1.54) is 11.8 Å². The molecule has 3 aromatic rings. The van der Waals surface area contributed by atoms with Crippen LogP contribution in [0.5, 0.6) is 0 Å². The molecule has 1 aromatic heterocycles. The third kappa shape index (κ3) is 6.04. The average molecular weight is 521 g/mol. The van der Waals surface area contributed by atoms with Gasteiger partial charge < -0.3 is 15.2 Å². The third-order valence-electron chi connectivity index (χ3n) is 4.01. The largest absolute Gasteiger partial charge is 0.345 e. The van der Waals surface area contributed by atoms with Crippen LogP contribution in [0.1, 0.15) is 23.1 Å². The molecule has 9 heteroatoms. The summed E-state index contributed by atoms with van der Waals surface area (Å²) in [6.45, 7) is 2.89. The monoisotopic (exact) mass is 521 g/mol. The van der Waals surface area contributed by atoms with Crippen molar-refractivity contribution in [1.82, 2.24) is 20.1 Å². The molecule has 0 radical (unpaired) electrons. The van der Waals surface area contributed by atoms with Crippen LogP contribution in [0.25, 0.3) is 0 Å². The number of nitrogens with one attached hydrogen (secondary N) is 2. The van der Waals surface area contributed by atoms with Crippen LogP contribution in [-0.4, -0.2) is 32.3 Å². The summed E-state index contributed by atoms with van der Waals surface area (Å²) in [7, 11) is 0. The normalized spacial score (nSPS) is 10.6. The van der Waals surface area contributed by atoms with Crippen LogP contribution in [0.3, 0.4) is 0 Å². The molecule has 29 heavy (non-hydrogen) atoms. The van der Waals surface area contributed by atoms with Gasteiger partial charge in [-0.1, -0.05) is 30.0 Å². The molecule has 2 amide bonds. The van der Waals surface area contributed by atoms with E-state index >= 15 is 0 Å². The third-order valence-corrected chi connectivity index (χ3v) is 5.70. The Hall–Kier alpha value is -2.40. The van der Waals surface area contributed by atoms with Crippen LogP contribution in [0.15, 0.2) is 59.8 Å². The molecular formula is C20H20IN5O2S. The molecule has 2 aromatic carbocycles. The molecule has 0 fully saturated rings. The SMILES string of the molecule is CCn1c(CNC(=O)c2ccccc2)nnc1SCC(=O)Nc1ccc(I)cc1. The molecule has 0 bridgehead atoms. The van der Waals surface area contributed by atoms with Gasteiger partial charge in [0.25, 0.3) is 5.91 Å². The van der Waals surface area contributed by atoms with Gasteiger partial charge in [-0.05, 0) is 65.9 Å². The van der Waals surface area contributed by atoms with Gasteiger partial charge in [-0.2, -0.15) is 0 Å². The minimum atomic E-state index is -0.164. The van der Waals surface area contributed by atoms with Crippen molar-refractivity contribution < 1.29 is 9.59 Å². The van der Waals surface area contributed by atoms with E-state index in [4.69, 9.17) is 0 Å². The highest BCUT2D eigenvalue weighted by Crippen LogP contribution is 2.18. The van der Waals surface area contributed by atoms with E-state index in [2.05, 4.69) is 43.4 Å². The van der Waals surface area contributed by atoms with Crippen molar-refractivity contribution >= 4 is 51.9 Å². The molecular weight excluding hydrogens is 501 g/mol. The van der Waals surface area contributed by atoms with E-state index in [0.717, 1.165) is 9.26 Å². The van der Waals surface area contributed by atoms with Crippen LogP contribution >= 0.6 is 34.4 Å². The standard InChI is InChI=1S/C20H20IN5O2S/c1-2-26-17(12-22-19(28)14-6-4-3-5-7-14)24-25-20(26)29-13-18(27)23-16-10-8-15(21)9-11-16/h3-11H,2,12-13H2,1H3,(H,22,28)(H,23,27). The molecule has 0 aliphatic heterocycles. The fourth-order valence-electron chi connectivity index (χ4n) is 2.59. The number of halogens is 1. The first kappa shape index (κ1) is 21.3. The van der Waals surface area contributed by atoms with Gasteiger partial charge in [0.2, 0.25) is 5.91 Å². The molecule has 0 atom stereocenters. The van der Waals surface area contributed by atoms with Crippen LogP contribution in [0, 0.1) is 3.57 Å². The highest BCUT2D eigenvalue weighted by molar-refractivity contribution is 14.1. The quantitative estimate of drug-likeness (QED) is 0.350. The number of rotatable bonds is 8. The van der Waals surface area contributed by atoms with Gasteiger partial charge in [0, 0.05) is 21.4 Å². The number of hydrogen-bond donors (Lipinski definition) is 2. The molecule has 0 aliphatic carbocycles. The Bertz CT molecular complexity index is 976. The topological polar surface area (TPSA) is 88.9 Å². The second kappa shape index (κ2) is 10.4. The predicted molar refractivity (Wildman–Crippen MR) is 122 cm³/mol. The van der Waals surface area contributed by atoms with E-state index in [1.807, 2.05) is 54.0 Å². The number of nitrogens with zero attached hydrogens (tertiary/aromatic N) is 3. The van der Waals surface area contributed by atoms with Crippen molar-refractivity contribution in [3.63, 3.8) is 0 Å². The van der Waals surface area contributed by atoms with Crippen molar-refractivity contribution in [2.75, 3.05) is 11.1 Å². The Morgan fingerprint density at radius 3 is 2.48 bits per heavy atom. The van der Waals surface area contributed by atoms with E-state index in [1.54, 1.807) is 12.1 Å². The summed E-state index contributed by atoms with van der Waals surface area (Å²) in [5.41, 5.74) is 1.36. The summed E-state index contributed by atoms with van der Waals surface area (Å²) in [5, 5.41) is 14.7. The highest BCUT2D eigenvalue weighted by Gasteiger charge is 2.14. The van der Waals surface area contributed by atoms with Crippen molar-refractivity contribution in [2.45, 2.75) is 25.2 Å². The lowest BCUT2D eigenvalue weighted by atomic mass is 10.2. The molecule has 0 saturated carbocycles. The molecule has 1 heterocycles. The molecule has 0 aliphatic rings. The first-order valence-corrected chi connectivity index (χ1v) is 11.1. The first-order valence-electron chi connectivity index (χ1n) is 9.00. The van der Waals surface area contributed by atoms with Gasteiger partial charge in [-0.25, -0.2) is 0 Å². The summed E-state index contributed by atoms with van der Waals surface area (Å²) in [6, 6.07) is 16.6. The number of hydrogen-bond acceptors (Lipinski definition) is 5. The maximum Gasteiger partial charge on any atom is 0.251 e. The van der Waals surface area contributed by atoms with E-state index in [9.17, 15) is 9.59 Å². The number of thioether (sulfide) groups is 1. The second-order valence-electron chi connectivity index (χ2n) is 6.04. The Balaban J connectivity index is 1.55. The molecule has 0 saturated heterocycles. The van der Waals surface area contributed by atoms with Gasteiger partial charge >= 0.3 is 0 Å². The molecule has 2 N–H and O–H groups in total. The van der Waals surface area contributed by atoms with E-state index in [-0.39, 0.29) is 24.1 Å². The first-order chi connectivity index (χ1) is 14.1. The van der Waals surface area contributed by atoms with Crippen LogP contribution in [-0.2, 0) is 17.9 Å². The zero-order chi connectivity index (χ0) is 20.6. The molecule has 7 nitrogen and oxygen atoms in total. The lowest BCUT2D eigenvalue weighted by molar-refractivity contribution is -0.113. The number of aromatic nitrogens is 3. The average Bonchev–Trinajstić information content (AvgIpc) is 3.14. The maximum atomic E-state index is 12.2. The Labute approximate surface area is 186 Å². The lowest BCUT2D eigenvalue weighted by Gasteiger charge is -2.09. The number of anilines is 1. The van der Waals surface area contributed by atoms with E-state index in [0.29, 0.717) is 23.1 Å². The lowest BCUT2D eigenvalue weighted by Crippen LogP contribution is -2.24. The van der Waals surface area contributed by atoms with Crippen molar-refractivity contribution in [3.8, 4) is 0 Å². The van der Waals surface area contributed by atoms with Gasteiger partial charge in [-0.3, -0.25) is 9.59 Å². The smallest absolute Gasteiger partial charge is 0.251 e. The Kier molecular flexibility index (Phi) is 7.64. The van der Waals surface area contributed by atoms with Gasteiger partial charge in [0.15, 0.2) is 11.0 Å². The number of benzene rings is 2. The maximum absolute atomic E-state index is 12.2. The number of carbonyl (C=O) groups is 2.